The molecule has 6 aromatic heterocycles. The van der Waals surface area contributed by atoms with Crippen molar-refractivity contribution in [1.29, 1.82) is 0 Å². The summed E-state index contributed by atoms with van der Waals surface area (Å²) in [4.78, 5) is 75.1. The fourth-order valence-corrected chi connectivity index (χ4v) is 9.66. The van der Waals surface area contributed by atoms with E-state index in [4.69, 9.17) is 27.8 Å². The van der Waals surface area contributed by atoms with Crippen LogP contribution in [0.4, 0.5) is 13.2 Å². The zero-order valence-corrected chi connectivity index (χ0v) is 42.9. The first-order valence-electron chi connectivity index (χ1n) is 25.2. The van der Waals surface area contributed by atoms with Gasteiger partial charge in [0.25, 0.3) is 16.7 Å². The third-order valence-corrected chi connectivity index (χ3v) is 14.1. The summed E-state index contributed by atoms with van der Waals surface area (Å²) >= 11 is 0. The number of aliphatic hydroxyl groups excluding tert-OH is 9. The molecule has 3 saturated heterocycles. The van der Waals surface area contributed by atoms with Gasteiger partial charge in [-0.1, -0.05) is 21.5 Å². The summed E-state index contributed by atoms with van der Waals surface area (Å²) < 4.78 is 77.3. The predicted molar refractivity (Wildman–Crippen MR) is 273 cm³/mol. The molecule has 33 heteroatoms. The lowest BCUT2D eigenvalue weighted by atomic mass is 10.1. The van der Waals surface area contributed by atoms with Crippen LogP contribution in [-0.2, 0) is 33.8 Å². The number of fused-ring (bicyclic) bond motifs is 3. The number of hydrogen-bond donors (Lipinski definition) is 9. The molecule has 3 aliphatic heterocycles. The summed E-state index contributed by atoms with van der Waals surface area (Å²) in [6, 6.07) is 14.9. The zero-order valence-electron chi connectivity index (χ0n) is 42.9. The third kappa shape index (κ3) is 11.0. The van der Waals surface area contributed by atoms with Gasteiger partial charge in [-0.2, -0.15) is 0 Å². The average molecular weight is 1180 g/mol. The molecule has 30 nitrogen and oxygen atoms in total. The number of aliphatic hydroxyl groups is 9. The van der Waals surface area contributed by atoms with E-state index in [0.717, 1.165) is 70.3 Å². The van der Waals surface area contributed by atoms with E-state index in [1.54, 1.807) is 0 Å². The molecular weight excluding hydrogens is 1130 g/mol. The van der Waals surface area contributed by atoms with E-state index in [9.17, 15) is 87.9 Å². The highest BCUT2D eigenvalue weighted by Gasteiger charge is 2.46. The van der Waals surface area contributed by atoms with Crippen molar-refractivity contribution in [3.05, 3.63) is 188 Å². The Kier molecular flexibility index (Phi) is 16.7. The predicted octanol–water partition coefficient (Wildman–Crippen LogP) is -3.15. The molecule has 9 N–H and O–H groups in total. The van der Waals surface area contributed by atoms with Gasteiger partial charge in [-0.05, 0) is 42.5 Å². The first-order valence-corrected chi connectivity index (χ1v) is 25.2. The molecule has 12 atom stereocenters. The van der Waals surface area contributed by atoms with Crippen LogP contribution < -0.4 is 33.7 Å². The SMILES string of the molecule is O=c1ccn([C@@H]2O[C@H](CO)[C@H](O)C2O)c(=O)n1Cc1noc2cc(F)ccc12.O=c1ccn([C@@H]2O[C@H](CO)[C@H](O)C2O)c(=O)n1Cc1noc2ccc(F)cc12.O=c1ccn([C@@H]2O[C@H](CO)[C@H](O)C2O)c(=O)n1Cc1noc2cccc(F)c12. The lowest BCUT2D eigenvalue weighted by Crippen LogP contribution is -2.43. The van der Waals surface area contributed by atoms with Crippen molar-refractivity contribution in [3.8, 4) is 0 Å². The molecule has 3 fully saturated rings. The maximum atomic E-state index is 14.1. The summed E-state index contributed by atoms with van der Waals surface area (Å²) in [5, 5.41) is 99.7. The van der Waals surface area contributed by atoms with Gasteiger partial charge in [0.05, 0.1) is 44.8 Å². The van der Waals surface area contributed by atoms with Crippen LogP contribution in [0.25, 0.3) is 32.9 Å². The molecule has 0 amide bonds. The Morgan fingerprint density at radius 1 is 0.429 bits per heavy atom. The number of aromatic nitrogens is 9. The van der Waals surface area contributed by atoms with Crippen molar-refractivity contribution in [2.24, 2.45) is 0 Å². The van der Waals surface area contributed by atoms with E-state index < -0.39 is 145 Å². The molecule has 0 saturated carbocycles. The molecule has 0 radical (unpaired) electrons. The maximum Gasteiger partial charge on any atom is 0.333 e. The molecule has 0 aliphatic carbocycles. The van der Waals surface area contributed by atoms with Crippen LogP contribution in [0, 0.1) is 17.5 Å². The minimum absolute atomic E-state index is 0.0474. The molecule has 9 heterocycles. The largest absolute Gasteiger partial charge is 0.394 e. The molecule has 3 aliphatic rings. The van der Waals surface area contributed by atoms with Crippen molar-refractivity contribution in [3.63, 3.8) is 0 Å². The van der Waals surface area contributed by atoms with Crippen molar-refractivity contribution >= 4 is 32.9 Å². The van der Waals surface area contributed by atoms with Crippen molar-refractivity contribution < 1.29 is 86.9 Å². The van der Waals surface area contributed by atoms with E-state index in [2.05, 4.69) is 15.5 Å². The fraction of sp³-hybridized carbons (Fsp3) is 0.353. The van der Waals surface area contributed by atoms with E-state index >= 15 is 0 Å². The van der Waals surface area contributed by atoms with Gasteiger partial charge in [0.15, 0.2) is 35.4 Å². The summed E-state index contributed by atoms with van der Waals surface area (Å²) in [5.41, 5.74) is -3.39. The monoisotopic (exact) mass is 1180 g/mol. The fourth-order valence-electron chi connectivity index (χ4n) is 9.66. The second kappa shape index (κ2) is 24.0. The number of benzene rings is 3. The smallest absolute Gasteiger partial charge is 0.333 e. The molecule has 0 bridgehead atoms. The van der Waals surface area contributed by atoms with Crippen molar-refractivity contribution in [2.45, 2.75) is 93.3 Å². The Hall–Kier alpha value is -8.58. The molecule has 12 rings (SSSR count). The number of hydrogen-bond acceptors (Lipinski definition) is 24. The van der Waals surface area contributed by atoms with Gasteiger partial charge in [-0.3, -0.25) is 41.8 Å². The first-order chi connectivity index (χ1) is 40.2. The topological polar surface area (TPSA) is 420 Å². The minimum Gasteiger partial charge on any atom is -0.394 e. The van der Waals surface area contributed by atoms with Crippen LogP contribution in [0.2, 0.25) is 0 Å². The third-order valence-electron chi connectivity index (χ3n) is 14.1. The lowest BCUT2D eigenvalue weighted by molar-refractivity contribution is -0.0555. The summed E-state index contributed by atoms with van der Waals surface area (Å²) in [7, 11) is 0. The lowest BCUT2D eigenvalue weighted by Gasteiger charge is -2.18. The van der Waals surface area contributed by atoms with Gasteiger partial charge in [-0.25, -0.2) is 27.6 Å². The van der Waals surface area contributed by atoms with E-state index in [1.165, 1.54) is 48.5 Å². The van der Waals surface area contributed by atoms with Crippen LogP contribution in [0.15, 0.2) is 134 Å². The molecule has 3 aromatic carbocycles. The normalized spacial score (nSPS) is 24.9. The molecule has 0 spiro atoms. The average Bonchev–Trinajstić information content (AvgIpc) is 4.05. The van der Waals surface area contributed by atoms with Gasteiger partial charge in [0.2, 0.25) is 0 Å². The molecule has 84 heavy (non-hydrogen) atoms. The summed E-state index contributed by atoms with van der Waals surface area (Å²) in [6.45, 7) is -2.60. The van der Waals surface area contributed by atoms with Gasteiger partial charge in [0.1, 0.15) is 89.5 Å². The van der Waals surface area contributed by atoms with Gasteiger partial charge in [-0.15, -0.1) is 0 Å². The molecule has 9 aromatic rings. The van der Waals surface area contributed by atoms with E-state index in [-0.39, 0.29) is 53.3 Å². The van der Waals surface area contributed by atoms with Gasteiger partial charge < -0.3 is 73.7 Å². The number of halogens is 3. The zero-order chi connectivity index (χ0) is 60.0. The second-order valence-corrected chi connectivity index (χ2v) is 19.3. The van der Waals surface area contributed by atoms with Crippen molar-refractivity contribution in [1.82, 2.24) is 42.9 Å². The quantitative estimate of drug-likeness (QED) is 0.0583. The molecular formula is C51H48F3N9O21. The molecule has 444 valence electrons. The minimum atomic E-state index is -1.49. The standard InChI is InChI=1S/3C17H16FN3O7/c18-8-1-2-11-9(5-8)10(19-28-11)6-21-13(23)3-4-20(17(21)26)16-15(25)14(24)12(7-22)27-16;18-8-1-2-9-10(19-28-11(9)5-8)6-21-13(23)3-4-20(17(21)26)16-15(25)14(24)12(7-22)27-16;18-8-2-1-3-10-13(8)9(19-28-10)6-21-12(23)4-5-20(17(21)26)16-15(25)14(24)11(7-22)27-16/h2*1-5,12,14-16,22,24-25H,6-7H2;1-5,11,14-16,22,24-25H,6-7H2/t2*12-,14+,15?,16-;11-,14+,15?,16-/m111/s1. The van der Waals surface area contributed by atoms with Crippen LogP contribution in [0.5, 0.6) is 0 Å². The summed E-state index contributed by atoms with van der Waals surface area (Å²) in [6.07, 6.45) is -12.4. The van der Waals surface area contributed by atoms with E-state index in [1.807, 2.05) is 0 Å². The summed E-state index contributed by atoms with van der Waals surface area (Å²) in [5.74, 6) is -1.65. The second-order valence-electron chi connectivity index (χ2n) is 19.3. The first kappa shape index (κ1) is 58.6. The van der Waals surface area contributed by atoms with Crippen LogP contribution in [0.1, 0.15) is 35.8 Å². The molecule has 3 unspecified atom stereocenters. The van der Waals surface area contributed by atoms with Crippen LogP contribution >= 0.6 is 0 Å². The highest BCUT2D eigenvalue weighted by molar-refractivity contribution is 5.81. The Labute approximate surface area is 463 Å². The highest BCUT2D eigenvalue weighted by atomic mass is 19.1. The Morgan fingerprint density at radius 3 is 1.27 bits per heavy atom. The van der Waals surface area contributed by atoms with Crippen molar-refractivity contribution in [2.75, 3.05) is 19.8 Å². The van der Waals surface area contributed by atoms with Gasteiger partial charge >= 0.3 is 17.1 Å². The van der Waals surface area contributed by atoms with E-state index in [0.29, 0.717) is 16.4 Å². The van der Waals surface area contributed by atoms with Gasteiger partial charge in [0, 0.05) is 53.6 Å². The Bertz CT molecular complexity index is 4270. The van der Waals surface area contributed by atoms with Crippen LogP contribution in [0.3, 0.4) is 0 Å². The maximum absolute atomic E-state index is 14.1. The number of nitrogens with zero attached hydrogens (tertiary/aromatic N) is 9. The van der Waals surface area contributed by atoms with Crippen LogP contribution in [-0.4, -0.2) is 164 Å². The number of ether oxygens (including phenoxy) is 3. The Morgan fingerprint density at radius 2 is 0.821 bits per heavy atom. The number of rotatable bonds is 12. The highest BCUT2D eigenvalue weighted by Crippen LogP contribution is 2.31. The Balaban J connectivity index is 0.000000140.